The van der Waals surface area contributed by atoms with Crippen molar-refractivity contribution < 1.29 is 40.7 Å². The van der Waals surface area contributed by atoms with E-state index >= 15 is 0 Å². The number of halogens is 6. The van der Waals surface area contributed by atoms with Crippen LogP contribution in [0, 0.1) is 0 Å². The standard InChI is InChI=1S/C26H28F6N2O3/c1-3-4-12-33-22(36)23(2)10-11-24(37-23,18-8-6-5-7-9-18)16-34-21(35)17-13-19(25(27,28)29)15-20(14-17)26(30,31)32/h5-9,13-15H,3-4,10-12,16H2,1-2H3,(H,33,36)(H,34,35)/t23-,24+/m1/s1. The van der Waals surface area contributed by atoms with Crippen LogP contribution in [-0.2, 0) is 27.5 Å². The van der Waals surface area contributed by atoms with E-state index < -0.39 is 46.2 Å². The maximum absolute atomic E-state index is 13.2. The Morgan fingerprint density at radius 1 is 0.919 bits per heavy atom. The van der Waals surface area contributed by atoms with Gasteiger partial charge in [-0.3, -0.25) is 9.59 Å². The normalized spacial score (nSPS) is 22.1. The first-order chi connectivity index (χ1) is 17.2. The molecule has 2 aromatic rings. The first-order valence-electron chi connectivity index (χ1n) is 11.8. The second kappa shape index (κ2) is 10.7. The van der Waals surface area contributed by atoms with Gasteiger partial charge in [0.15, 0.2) is 0 Å². The zero-order valence-electron chi connectivity index (χ0n) is 20.4. The molecule has 5 nitrogen and oxygen atoms in total. The van der Waals surface area contributed by atoms with E-state index in [0.29, 0.717) is 24.2 Å². The van der Waals surface area contributed by atoms with Gasteiger partial charge >= 0.3 is 12.4 Å². The van der Waals surface area contributed by atoms with Crippen LogP contribution >= 0.6 is 0 Å². The summed E-state index contributed by atoms with van der Waals surface area (Å²) in [4.78, 5) is 25.7. The molecule has 1 heterocycles. The first-order valence-corrected chi connectivity index (χ1v) is 11.8. The Bertz CT molecular complexity index is 1090. The topological polar surface area (TPSA) is 67.4 Å². The largest absolute Gasteiger partial charge is 0.416 e. The van der Waals surface area contributed by atoms with Gasteiger partial charge in [-0.15, -0.1) is 0 Å². The summed E-state index contributed by atoms with van der Waals surface area (Å²) < 4.78 is 85.6. The molecule has 2 aromatic carbocycles. The number of nitrogens with one attached hydrogen (secondary N) is 2. The molecule has 1 saturated heterocycles. The molecule has 202 valence electrons. The molecule has 0 bridgehead atoms. The third-order valence-electron chi connectivity index (χ3n) is 6.41. The van der Waals surface area contributed by atoms with E-state index in [1.807, 2.05) is 6.92 Å². The first kappa shape index (κ1) is 28.5. The minimum absolute atomic E-state index is 0.0368. The summed E-state index contributed by atoms with van der Waals surface area (Å²) in [6.07, 6.45) is -7.93. The third-order valence-corrected chi connectivity index (χ3v) is 6.41. The number of alkyl halides is 6. The number of ether oxygens (including phenoxy) is 1. The minimum atomic E-state index is -5.08. The molecule has 0 aliphatic carbocycles. The van der Waals surface area contributed by atoms with Gasteiger partial charge in [0, 0.05) is 12.1 Å². The Morgan fingerprint density at radius 3 is 2.05 bits per heavy atom. The second-order valence-corrected chi connectivity index (χ2v) is 9.28. The molecule has 1 fully saturated rings. The summed E-state index contributed by atoms with van der Waals surface area (Å²) in [5, 5.41) is 5.26. The fourth-order valence-electron chi connectivity index (χ4n) is 4.28. The number of hydrogen-bond acceptors (Lipinski definition) is 3. The quantitative estimate of drug-likeness (QED) is 0.333. The van der Waals surface area contributed by atoms with Crippen molar-refractivity contribution in [3.8, 4) is 0 Å². The van der Waals surface area contributed by atoms with E-state index in [1.54, 1.807) is 37.3 Å². The Hall–Kier alpha value is -3.08. The van der Waals surface area contributed by atoms with Crippen LogP contribution in [0.1, 0.15) is 66.6 Å². The third kappa shape index (κ3) is 6.63. The van der Waals surface area contributed by atoms with Crippen molar-refractivity contribution in [2.24, 2.45) is 0 Å². The van der Waals surface area contributed by atoms with Gasteiger partial charge in [-0.25, -0.2) is 0 Å². The maximum Gasteiger partial charge on any atom is 0.416 e. The molecule has 0 spiro atoms. The number of carbonyl (C=O) groups is 2. The number of carbonyl (C=O) groups excluding carboxylic acids is 2. The molecule has 1 aliphatic heterocycles. The number of unbranched alkanes of at least 4 members (excludes halogenated alkanes) is 1. The van der Waals surface area contributed by atoms with Gasteiger partial charge in [0.2, 0.25) is 0 Å². The minimum Gasteiger partial charge on any atom is -0.354 e. The summed E-state index contributed by atoms with van der Waals surface area (Å²) in [5.74, 6) is -1.46. The lowest BCUT2D eigenvalue weighted by Gasteiger charge is -2.33. The van der Waals surface area contributed by atoms with E-state index in [-0.39, 0.29) is 31.4 Å². The van der Waals surface area contributed by atoms with Gasteiger partial charge in [-0.1, -0.05) is 43.7 Å². The highest BCUT2D eigenvalue weighted by atomic mass is 19.4. The lowest BCUT2D eigenvalue weighted by Crippen LogP contribution is -2.48. The summed E-state index contributed by atoms with van der Waals surface area (Å²) in [7, 11) is 0. The number of amides is 2. The van der Waals surface area contributed by atoms with E-state index in [0.717, 1.165) is 12.8 Å². The highest BCUT2D eigenvalue weighted by molar-refractivity contribution is 5.94. The Balaban J connectivity index is 1.88. The van der Waals surface area contributed by atoms with Crippen LogP contribution in [0.3, 0.4) is 0 Å². The Morgan fingerprint density at radius 2 is 1.51 bits per heavy atom. The molecule has 0 saturated carbocycles. The average molecular weight is 531 g/mol. The van der Waals surface area contributed by atoms with Crippen LogP contribution in [-0.4, -0.2) is 30.5 Å². The molecule has 3 rings (SSSR count). The van der Waals surface area contributed by atoms with Gasteiger partial charge < -0.3 is 15.4 Å². The smallest absolute Gasteiger partial charge is 0.354 e. The lowest BCUT2D eigenvalue weighted by molar-refractivity contribution is -0.153. The van der Waals surface area contributed by atoms with Crippen molar-refractivity contribution in [3.63, 3.8) is 0 Å². The van der Waals surface area contributed by atoms with E-state index in [4.69, 9.17) is 4.74 Å². The van der Waals surface area contributed by atoms with Crippen LogP contribution < -0.4 is 10.6 Å². The molecule has 0 aromatic heterocycles. The molecule has 2 amide bonds. The van der Waals surface area contributed by atoms with Crippen LogP contribution in [0.25, 0.3) is 0 Å². The monoisotopic (exact) mass is 530 g/mol. The molecule has 0 radical (unpaired) electrons. The maximum atomic E-state index is 13.2. The molecule has 2 atom stereocenters. The number of rotatable bonds is 8. The zero-order chi connectivity index (χ0) is 27.5. The SMILES string of the molecule is CCCCNC(=O)[C@@]1(C)CC[C@](CNC(=O)c2cc(C(F)(F)F)cc(C(F)(F)F)c2)(c2ccccc2)O1. The lowest BCUT2D eigenvalue weighted by atomic mass is 9.89. The Labute approximate surface area is 210 Å². The molecule has 37 heavy (non-hydrogen) atoms. The highest BCUT2D eigenvalue weighted by Gasteiger charge is 2.51. The second-order valence-electron chi connectivity index (χ2n) is 9.28. The molecular weight excluding hydrogens is 502 g/mol. The van der Waals surface area contributed by atoms with E-state index in [2.05, 4.69) is 10.6 Å². The zero-order valence-corrected chi connectivity index (χ0v) is 20.4. The molecule has 0 unspecified atom stereocenters. The number of benzene rings is 2. The van der Waals surface area contributed by atoms with Gasteiger partial charge in [-0.2, -0.15) is 26.3 Å². The predicted octanol–water partition coefficient (Wildman–Crippen LogP) is 5.83. The van der Waals surface area contributed by atoms with Gasteiger partial charge in [0.1, 0.15) is 11.2 Å². The average Bonchev–Trinajstić information content (AvgIpc) is 3.21. The fraction of sp³-hybridized carbons (Fsp3) is 0.462. The van der Waals surface area contributed by atoms with Crippen LogP contribution in [0.4, 0.5) is 26.3 Å². The number of hydrogen-bond donors (Lipinski definition) is 2. The van der Waals surface area contributed by atoms with Crippen molar-refractivity contribution in [1.82, 2.24) is 10.6 Å². The van der Waals surface area contributed by atoms with Crippen LogP contribution in [0.5, 0.6) is 0 Å². The van der Waals surface area contributed by atoms with Crippen molar-refractivity contribution in [1.29, 1.82) is 0 Å². The molecular formula is C26H28F6N2O3. The van der Waals surface area contributed by atoms with Crippen LogP contribution in [0.15, 0.2) is 48.5 Å². The van der Waals surface area contributed by atoms with E-state index in [1.165, 1.54) is 0 Å². The summed E-state index contributed by atoms with van der Waals surface area (Å²) in [6.45, 7) is 3.78. The van der Waals surface area contributed by atoms with Crippen LogP contribution in [0.2, 0.25) is 0 Å². The Kier molecular flexibility index (Phi) is 8.26. The summed E-state index contributed by atoms with van der Waals surface area (Å²) in [6, 6.07) is 9.36. The van der Waals surface area contributed by atoms with Gasteiger partial charge in [0.25, 0.3) is 11.8 Å². The van der Waals surface area contributed by atoms with Crippen molar-refractivity contribution >= 4 is 11.8 Å². The molecule has 11 heteroatoms. The fourth-order valence-corrected chi connectivity index (χ4v) is 4.28. The van der Waals surface area contributed by atoms with Gasteiger partial charge in [0.05, 0.1) is 17.7 Å². The van der Waals surface area contributed by atoms with Crippen molar-refractivity contribution in [3.05, 3.63) is 70.8 Å². The summed E-state index contributed by atoms with van der Waals surface area (Å²) >= 11 is 0. The predicted molar refractivity (Wildman–Crippen MR) is 124 cm³/mol. The van der Waals surface area contributed by atoms with E-state index in [9.17, 15) is 35.9 Å². The van der Waals surface area contributed by atoms with Crippen molar-refractivity contribution in [2.45, 2.75) is 63.1 Å². The molecule has 2 N–H and O–H groups in total. The molecule has 1 aliphatic rings. The summed E-state index contributed by atoms with van der Waals surface area (Å²) in [5.41, 5.74) is -5.81. The highest BCUT2D eigenvalue weighted by Crippen LogP contribution is 2.44. The van der Waals surface area contributed by atoms with Crippen molar-refractivity contribution in [2.75, 3.05) is 13.1 Å². The van der Waals surface area contributed by atoms with Gasteiger partial charge in [-0.05, 0) is 49.9 Å².